The fourth-order valence-corrected chi connectivity index (χ4v) is 1.92. The lowest BCUT2D eigenvalue weighted by Crippen LogP contribution is -2.17. The van der Waals surface area contributed by atoms with Crippen LogP contribution in [0.1, 0.15) is 24.8 Å². The molecule has 2 rings (SSSR count). The molecule has 0 aliphatic heterocycles. The SMILES string of the molecule is Fc1ccc(Cl)c(CNCCCOCC2CC2)c1. The average molecular weight is 272 g/mol. The molecule has 1 N–H and O–H groups in total. The molecule has 0 atom stereocenters. The fraction of sp³-hybridized carbons (Fsp3) is 0.571. The lowest BCUT2D eigenvalue weighted by atomic mass is 10.2. The minimum atomic E-state index is -0.246. The molecule has 1 aromatic carbocycles. The van der Waals surface area contributed by atoms with Crippen molar-refractivity contribution in [1.82, 2.24) is 5.32 Å². The monoisotopic (exact) mass is 271 g/mol. The van der Waals surface area contributed by atoms with Crippen LogP contribution in [0.5, 0.6) is 0 Å². The van der Waals surface area contributed by atoms with Crippen molar-refractivity contribution in [3.8, 4) is 0 Å². The molecule has 1 aliphatic rings. The number of benzene rings is 1. The van der Waals surface area contributed by atoms with Crippen molar-refractivity contribution in [1.29, 1.82) is 0 Å². The van der Waals surface area contributed by atoms with Crippen LogP contribution in [0.25, 0.3) is 0 Å². The first-order valence-corrected chi connectivity index (χ1v) is 6.86. The molecular weight excluding hydrogens is 253 g/mol. The Morgan fingerprint density at radius 1 is 1.39 bits per heavy atom. The van der Waals surface area contributed by atoms with E-state index >= 15 is 0 Å². The summed E-state index contributed by atoms with van der Waals surface area (Å²) in [5, 5.41) is 3.85. The minimum Gasteiger partial charge on any atom is -0.381 e. The van der Waals surface area contributed by atoms with Gasteiger partial charge in [0.1, 0.15) is 5.82 Å². The number of halogens is 2. The largest absolute Gasteiger partial charge is 0.381 e. The molecule has 1 saturated carbocycles. The Hall–Kier alpha value is -0.640. The summed E-state index contributed by atoms with van der Waals surface area (Å²) in [5.41, 5.74) is 0.801. The van der Waals surface area contributed by atoms with Gasteiger partial charge in [-0.1, -0.05) is 11.6 Å². The molecule has 18 heavy (non-hydrogen) atoms. The van der Waals surface area contributed by atoms with E-state index in [0.717, 1.165) is 37.7 Å². The maximum atomic E-state index is 13.0. The van der Waals surface area contributed by atoms with Crippen LogP contribution in [0.3, 0.4) is 0 Å². The molecular formula is C14H19ClFNO. The quantitative estimate of drug-likeness (QED) is 0.732. The predicted octanol–water partition coefficient (Wildman–Crippen LogP) is 3.39. The second-order valence-electron chi connectivity index (χ2n) is 4.78. The lowest BCUT2D eigenvalue weighted by Gasteiger charge is -2.07. The molecule has 1 fully saturated rings. The maximum absolute atomic E-state index is 13.0. The summed E-state index contributed by atoms with van der Waals surface area (Å²) >= 11 is 5.97. The molecule has 0 saturated heterocycles. The van der Waals surface area contributed by atoms with Crippen molar-refractivity contribution in [2.45, 2.75) is 25.8 Å². The Balaban J connectivity index is 1.55. The second-order valence-corrected chi connectivity index (χ2v) is 5.19. The van der Waals surface area contributed by atoms with Gasteiger partial charge >= 0.3 is 0 Å². The van der Waals surface area contributed by atoms with Gasteiger partial charge in [-0.25, -0.2) is 4.39 Å². The molecule has 2 nitrogen and oxygen atoms in total. The predicted molar refractivity (Wildman–Crippen MR) is 71.3 cm³/mol. The average Bonchev–Trinajstić information content (AvgIpc) is 3.16. The molecule has 1 aliphatic carbocycles. The number of hydrogen-bond donors (Lipinski definition) is 1. The van der Waals surface area contributed by atoms with E-state index in [-0.39, 0.29) is 5.82 Å². The summed E-state index contributed by atoms with van der Waals surface area (Å²) < 4.78 is 18.5. The summed E-state index contributed by atoms with van der Waals surface area (Å²) in [6.45, 7) is 3.16. The van der Waals surface area contributed by atoms with Gasteiger partial charge in [0.15, 0.2) is 0 Å². The zero-order valence-electron chi connectivity index (χ0n) is 10.4. The van der Waals surface area contributed by atoms with Crippen molar-refractivity contribution in [3.05, 3.63) is 34.6 Å². The van der Waals surface area contributed by atoms with Gasteiger partial charge in [0.05, 0.1) is 0 Å². The van der Waals surface area contributed by atoms with E-state index in [9.17, 15) is 4.39 Å². The summed E-state index contributed by atoms with van der Waals surface area (Å²) in [7, 11) is 0. The van der Waals surface area contributed by atoms with Gasteiger partial charge in [-0.15, -0.1) is 0 Å². The van der Waals surface area contributed by atoms with E-state index in [1.165, 1.54) is 25.0 Å². The first-order chi connectivity index (χ1) is 8.75. The number of rotatable bonds is 8. The van der Waals surface area contributed by atoms with Crippen LogP contribution >= 0.6 is 11.6 Å². The zero-order chi connectivity index (χ0) is 12.8. The molecule has 0 bridgehead atoms. The molecule has 0 amide bonds. The Morgan fingerprint density at radius 2 is 2.22 bits per heavy atom. The molecule has 0 spiro atoms. The van der Waals surface area contributed by atoms with Gasteiger partial charge in [0, 0.05) is 24.8 Å². The van der Waals surface area contributed by atoms with Crippen LogP contribution in [0, 0.1) is 11.7 Å². The van der Waals surface area contributed by atoms with Crippen molar-refractivity contribution >= 4 is 11.6 Å². The summed E-state index contributed by atoms with van der Waals surface area (Å²) in [6.07, 6.45) is 3.63. The van der Waals surface area contributed by atoms with Crippen LogP contribution in [0.4, 0.5) is 4.39 Å². The smallest absolute Gasteiger partial charge is 0.123 e. The lowest BCUT2D eigenvalue weighted by molar-refractivity contribution is 0.122. The van der Waals surface area contributed by atoms with Crippen LogP contribution < -0.4 is 5.32 Å². The van der Waals surface area contributed by atoms with E-state index in [2.05, 4.69) is 5.32 Å². The Bertz CT molecular complexity index is 382. The summed E-state index contributed by atoms with van der Waals surface area (Å²) in [4.78, 5) is 0. The van der Waals surface area contributed by atoms with E-state index in [0.29, 0.717) is 11.6 Å². The van der Waals surface area contributed by atoms with Gasteiger partial charge in [0.25, 0.3) is 0 Å². The third-order valence-corrected chi connectivity index (χ3v) is 3.38. The van der Waals surface area contributed by atoms with Crippen molar-refractivity contribution in [2.24, 2.45) is 5.92 Å². The first kappa shape index (κ1) is 13.8. The molecule has 0 aromatic heterocycles. The van der Waals surface area contributed by atoms with Crippen molar-refractivity contribution in [3.63, 3.8) is 0 Å². The summed E-state index contributed by atoms with van der Waals surface area (Å²) in [5.74, 6) is 0.577. The molecule has 4 heteroatoms. The van der Waals surface area contributed by atoms with Crippen LogP contribution in [-0.4, -0.2) is 19.8 Å². The highest BCUT2D eigenvalue weighted by Crippen LogP contribution is 2.28. The van der Waals surface area contributed by atoms with Crippen LogP contribution in [-0.2, 0) is 11.3 Å². The Kier molecular flexibility index (Phi) is 5.42. The molecule has 1 aromatic rings. The van der Waals surface area contributed by atoms with E-state index < -0.39 is 0 Å². The molecule has 100 valence electrons. The fourth-order valence-electron chi connectivity index (χ4n) is 1.74. The minimum absolute atomic E-state index is 0.246. The third-order valence-electron chi connectivity index (χ3n) is 3.02. The first-order valence-electron chi connectivity index (χ1n) is 6.48. The van der Waals surface area contributed by atoms with Crippen molar-refractivity contribution in [2.75, 3.05) is 19.8 Å². The van der Waals surface area contributed by atoms with E-state index in [4.69, 9.17) is 16.3 Å². The normalized spacial score (nSPS) is 15.0. The van der Waals surface area contributed by atoms with E-state index in [1.54, 1.807) is 6.07 Å². The van der Waals surface area contributed by atoms with Gasteiger partial charge in [-0.2, -0.15) is 0 Å². The topological polar surface area (TPSA) is 21.3 Å². The highest BCUT2D eigenvalue weighted by atomic mass is 35.5. The van der Waals surface area contributed by atoms with Gasteiger partial charge in [0.2, 0.25) is 0 Å². The van der Waals surface area contributed by atoms with E-state index in [1.807, 2.05) is 0 Å². The highest BCUT2D eigenvalue weighted by Gasteiger charge is 2.20. The molecule has 0 unspecified atom stereocenters. The second kappa shape index (κ2) is 7.07. The Morgan fingerprint density at radius 3 is 3.00 bits per heavy atom. The number of hydrogen-bond acceptors (Lipinski definition) is 2. The zero-order valence-corrected chi connectivity index (χ0v) is 11.2. The molecule has 0 radical (unpaired) electrons. The van der Waals surface area contributed by atoms with Crippen LogP contribution in [0.2, 0.25) is 5.02 Å². The highest BCUT2D eigenvalue weighted by molar-refractivity contribution is 6.31. The summed E-state index contributed by atoms with van der Waals surface area (Å²) in [6, 6.07) is 4.43. The molecule has 0 heterocycles. The van der Waals surface area contributed by atoms with Gasteiger partial charge < -0.3 is 10.1 Å². The number of nitrogens with one attached hydrogen (secondary N) is 1. The number of ether oxygens (including phenoxy) is 1. The third kappa shape index (κ3) is 4.92. The van der Waals surface area contributed by atoms with Crippen LogP contribution in [0.15, 0.2) is 18.2 Å². The maximum Gasteiger partial charge on any atom is 0.123 e. The van der Waals surface area contributed by atoms with Gasteiger partial charge in [-0.3, -0.25) is 0 Å². The van der Waals surface area contributed by atoms with Gasteiger partial charge in [-0.05, 0) is 55.5 Å². The standard InChI is InChI=1S/C14H19ClFNO/c15-14-5-4-13(16)8-12(14)9-17-6-1-7-18-10-11-2-3-11/h4-5,8,11,17H,1-3,6-7,9-10H2. The Labute approximate surface area is 112 Å². The van der Waals surface area contributed by atoms with Crippen molar-refractivity contribution < 1.29 is 9.13 Å².